The second kappa shape index (κ2) is 37.6. The van der Waals surface area contributed by atoms with Gasteiger partial charge in [0.1, 0.15) is 0 Å². The van der Waals surface area contributed by atoms with Gasteiger partial charge < -0.3 is 43.6 Å². The first-order valence-electron chi connectivity index (χ1n) is 12.4. The van der Waals surface area contributed by atoms with E-state index in [4.69, 9.17) is 43.6 Å². The van der Waals surface area contributed by atoms with Crippen LogP contribution in [0, 0.1) is 0 Å². The molecule has 0 amide bonds. The molecule has 37 heavy (non-hydrogen) atoms. The second-order valence-corrected chi connectivity index (χ2v) is 10.2. The molecule has 0 unspecified atom stereocenters. The maximum absolute atomic E-state index is 10.4. The Labute approximate surface area is 262 Å². The summed E-state index contributed by atoms with van der Waals surface area (Å²) in [5.41, 5.74) is 0. The topological polar surface area (TPSA) is 210 Å². The number of phosphoric acid groups is 2. The van der Waals surface area contributed by atoms with Crippen LogP contribution in [0.3, 0.4) is 0 Å². The molecule has 0 spiro atoms. The van der Waals surface area contributed by atoms with E-state index in [9.17, 15) is 4.79 Å². The van der Waals surface area contributed by atoms with Crippen LogP contribution in [-0.4, -0.2) is 11.1 Å². The van der Waals surface area contributed by atoms with Crippen molar-refractivity contribution in [1.29, 1.82) is 0 Å². The zero-order valence-corrected chi connectivity index (χ0v) is 33.5. The summed E-state index contributed by atoms with van der Waals surface area (Å²) in [6.07, 6.45) is 26.1. The Bertz CT molecular complexity index is 498. The van der Waals surface area contributed by atoms with Crippen LogP contribution in [-0.2, 0) is 72.4 Å². The van der Waals surface area contributed by atoms with E-state index < -0.39 is 21.6 Å². The van der Waals surface area contributed by atoms with Crippen molar-refractivity contribution >= 4 is 21.6 Å². The monoisotopic (exact) mass is 722 g/mol. The molecule has 1 N–H and O–H groups in total. The molecule has 208 valence electrons. The van der Waals surface area contributed by atoms with Crippen molar-refractivity contribution in [2.24, 2.45) is 0 Å². The quantitative estimate of drug-likeness (QED) is 0.110. The minimum atomic E-state index is -5.39. The molecule has 10 nitrogen and oxygen atoms in total. The molecule has 0 aliphatic carbocycles. The third kappa shape index (κ3) is 93.3. The van der Waals surface area contributed by atoms with Crippen molar-refractivity contribution < 1.29 is 107 Å². The van der Waals surface area contributed by atoms with E-state index in [0.29, 0.717) is 6.42 Å². The summed E-state index contributed by atoms with van der Waals surface area (Å²) in [5.74, 6) is -0.651. The smallest absolute Gasteiger partial charge is 0.822 e. The van der Waals surface area contributed by atoms with Crippen molar-refractivity contribution in [3.8, 4) is 0 Å². The fraction of sp³-hybridized carbons (Fsp3) is 0.955. The van der Waals surface area contributed by atoms with Gasteiger partial charge in [-0.3, -0.25) is 4.79 Å². The van der Waals surface area contributed by atoms with Crippen molar-refractivity contribution in [2.45, 2.75) is 135 Å². The number of unbranched alkanes of at least 4 members (excludes halogenated alkanes) is 18. The Balaban J connectivity index is -0.000000156. The van der Waals surface area contributed by atoms with Crippen LogP contribution in [0.25, 0.3) is 0 Å². The molecule has 0 saturated carbocycles. The summed E-state index contributed by atoms with van der Waals surface area (Å²) < 4.78 is 17.1. The Hall–Kier alpha value is 1.56. The summed E-state index contributed by atoms with van der Waals surface area (Å²) in [6.45, 7) is 2.28. The number of rotatable bonds is 20. The largest absolute Gasteiger partial charge is 2.00 e. The van der Waals surface area contributed by atoms with E-state index >= 15 is 0 Å². The maximum Gasteiger partial charge on any atom is 2.00 e. The van der Waals surface area contributed by atoms with Gasteiger partial charge in [-0.2, -0.15) is 15.6 Å². The van der Waals surface area contributed by atoms with E-state index in [-0.39, 0.29) is 58.4 Å². The summed E-state index contributed by atoms with van der Waals surface area (Å²) in [4.78, 5) is 61.7. The number of hydrogen-bond acceptors (Lipinski definition) is 9. The fourth-order valence-corrected chi connectivity index (χ4v) is 3.35. The zero-order chi connectivity index (χ0) is 26.7. The molecule has 0 aromatic heterocycles. The zero-order valence-electron chi connectivity index (χ0n) is 22.8. The molecule has 0 atom stereocenters. The van der Waals surface area contributed by atoms with Crippen LogP contribution in [0.1, 0.15) is 135 Å². The van der Waals surface area contributed by atoms with Crippen LogP contribution in [0.4, 0.5) is 0 Å². The number of carbonyl (C=O) groups is 1. The standard InChI is InChI=1S/C22H44O2.2H3O4P.3Zn/c1-2-3-4-5-6-7-8-9-10-11-12-13-14-15-16-17-18-19-20-21-22(23)24;2*1-5(2,3)4;;;/h2-21H2,1H3,(H,23,24);2*(H3,1,2,3,4);;;/q;;;3*+2/p-6. The van der Waals surface area contributed by atoms with E-state index in [1.165, 1.54) is 109 Å². The van der Waals surface area contributed by atoms with Gasteiger partial charge in [-0.1, -0.05) is 122 Å². The van der Waals surface area contributed by atoms with Crippen molar-refractivity contribution in [3.63, 3.8) is 0 Å². The molecular weight excluding hydrogens is 682 g/mol. The van der Waals surface area contributed by atoms with Gasteiger partial charge in [0.15, 0.2) is 0 Å². The molecule has 0 saturated heterocycles. The predicted molar refractivity (Wildman–Crippen MR) is 121 cm³/mol. The Morgan fingerprint density at radius 2 is 0.649 bits per heavy atom. The predicted octanol–water partition coefficient (Wildman–Crippen LogP) is 2.24. The molecule has 0 heterocycles. The van der Waals surface area contributed by atoms with Gasteiger partial charge in [0, 0.05) is 6.42 Å². The summed E-state index contributed by atoms with van der Waals surface area (Å²) in [5, 5.41) is 8.56. The van der Waals surface area contributed by atoms with Crippen molar-refractivity contribution in [1.82, 2.24) is 0 Å². The molecule has 0 radical (unpaired) electrons. The van der Waals surface area contributed by atoms with Crippen molar-refractivity contribution in [3.05, 3.63) is 0 Å². The SMILES string of the molecule is CCCCCCCCCCCCCCCCCCCCCC(=O)O.O=P([O-])([O-])[O-].O=P([O-])([O-])[O-].[Zn+2].[Zn+2].[Zn+2]. The molecule has 0 fully saturated rings. The van der Waals surface area contributed by atoms with Gasteiger partial charge in [-0.05, 0) is 6.42 Å². The average molecular weight is 727 g/mol. The first kappa shape index (κ1) is 51.3. The van der Waals surface area contributed by atoms with Crippen LogP contribution < -0.4 is 29.4 Å². The number of hydrogen-bond donors (Lipinski definition) is 1. The average Bonchev–Trinajstić information content (AvgIpc) is 2.67. The van der Waals surface area contributed by atoms with Crippen molar-refractivity contribution in [2.75, 3.05) is 0 Å². The number of aliphatic carboxylic acids is 1. The first-order chi connectivity index (χ1) is 15.8. The molecule has 0 aromatic carbocycles. The molecule has 0 aliphatic heterocycles. The third-order valence-corrected chi connectivity index (χ3v) is 4.99. The third-order valence-electron chi connectivity index (χ3n) is 4.99. The summed E-state index contributed by atoms with van der Waals surface area (Å²) in [6, 6.07) is 0. The summed E-state index contributed by atoms with van der Waals surface area (Å²) in [7, 11) is -10.8. The number of carboxylic acids is 1. The van der Waals surface area contributed by atoms with Crippen LogP contribution in [0.15, 0.2) is 0 Å². The molecular formula is C22H44O10P2Zn3. The second-order valence-electron chi connectivity index (χ2n) is 8.40. The Morgan fingerprint density at radius 1 is 0.486 bits per heavy atom. The fourth-order valence-electron chi connectivity index (χ4n) is 3.35. The summed E-state index contributed by atoms with van der Waals surface area (Å²) >= 11 is 0. The first-order valence-corrected chi connectivity index (χ1v) is 15.4. The normalized spacial score (nSPS) is 10.4. The van der Waals surface area contributed by atoms with Gasteiger partial charge in [-0.25, -0.2) is 0 Å². The van der Waals surface area contributed by atoms with E-state index in [1.807, 2.05) is 0 Å². The molecule has 0 bridgehead atoms. The minimum absolute atomic E-state index is 0. The molecule has 0 aliphatic rings. The van der Waals surface area contributed by atoms with Gasteiger partial charge in [-0.15, -0.1) is 0 Å². The molecule has 0 aromatic rings. The van der Waals surface area contributed by atoms with Gasteiger partial charge in [0.05, 0.1) is 0 Å². The Kier molecular flexibility index (Phi) is 52.1. The van der Waals surface area contributed by atoms with Crippen LogP contribution >= 0.6 is 15.6 Å². The Morgan fingerprint density at radius 3 is 0.811 bits per heavy atom. The van der Waals surface area contributed by atoms with Gasteiger partial charge in [0.2, 0.25) is 0 Å². The van der Waals surface area contributed by atoms with Gasteiger partial charge in [0.25, 0.3) is 0 Å². The molecule has 15 heteroatoms. The molecule has 0 rings (SSSR count). The van der Waals surface area contributed by atoms with Gasteiger partial charge >= 0.3 is 64.4 Å². The van der Waals surface area contributed by atoms with E-state index in [2.05, 4.69) is 6.92 Å². The minimum Gasteiger partial charge on any atom is -0.822 e. The van der Waals surface area contributed by atoms with Crippen LogP contribution in [0.5, 0.6) is 0 Å². The van der Waals surface area contributed by atoms with E-state index in [1.54, 1.807) is 0 Å². The van der Waals surface area contributed by atoms with Crippen LogP contribution in [0.2, 0.25) is 0 Å². The number of carboxylic acid groups (broad SMARTS) is 1. The van der Waals surface area contributed by atoms with E-state index in [0.717, 1.165) is 12.8 Å². The maximum atomic E-state index is 10.4.